The van der Waals surface area contributed by atoms with Crippen molar-refractivity contribution in [2.45, 2.75) is 238 Å². The maximum atomic E-state index is 12.9. The van der Waals surface area contributed by atoms with Crippen molar-refractivity contribution in [3.8, 4) is 0 Å². The van der Waals surface area contributed by atoms with Crippen molar-refractivity contribution < 1.29 is 42.1 Å². The molecule has 0 saturated carbocycles. The third-order valence-corrected chi connectivity index (χ3v) is 14.4. The molecule has 2 unspecified atom stereocenters. The van der Waals surface area contributed by atoms with Crippen LogP contribution in [0.2, 0.25) is 0 Å². The lowest BCUT2D eigenvalue weighted by Gasteiger charge is -2.24. The fraction of sp³-hybridized carbons (Fsp3) is 0.579. The Hall–Kier alpha value is -4.89. The molecule has 0 radical (unpaired) electrons. The molecule has 0 aliphatic carbocycles. The van der Waals surface area contributed by atoms with E-state index in [4.69, 9.17) is 18.5 Å². The van der Waals surface area contributed by atoms with Crippen LogP contribution in [0.25, 0.3) is 0 Å². The van der Waals surface area contributed by atoms with Crippen molar-refractivity contribution in [2.75, 3.05) is 47.5 Å². The molecule has 0 aliphatic rings. The maximum absolute atomic E-state index is 12.9. The molecule has 2 atom stereocenters. The topological polar surface area (TPSA) is 108 Å². The van der Waals surface area contributed by atoms with E-state index < -0.39 is 26.5 Å². The number of phosphoric ester groups is 1. The number of allylic oxidation sites excluding steroid dienone is 30. The molecule has 0 bridgehead atoms. The van der Waals surface area contributed by atoms with Crippen molar-refractivity contribution in [3.05, 3.63) is 182 Å². The normalized spacial score (nSPS) is 14.3. The van der Waals surface area contributed by atoms with Gasteiger partial charge in [0.25, 0.3) is 0 Å². The summed E-state index contributed by atoms with van der Waals surface area (Å²) < 4.78 is 34.6. The molecule has 0 heterocycles. The van der Waals surface area contributed by atoms with Gasteiger partial charge >= 0.3 is 19.8 Å². The highest BCUT2D eigenvalue weighted by atomic mass is 31.2. The second-order valence-corrected chi connectivity index (χ2v) is 24.2. The number of hydrogen-bond donors (Lipinski definition) is 1. The summed E-state index contributed by atoms with van der Waals surface area (Å²) in [7, 11) is 1.44. The fourth-order valence-corrected chi connectivity index (χ4v) is 9.11. The summed E-state index contributed by atoms with van der Waals surface area (Å²) in [5, 5.41) is 0. The molecule has 0 aliphatic heterocycles. The summed E-state index contributed by atoms with van der Waals surface area (Å²) in [4.78, 5) is 35.8. The zero-order valence-corrected chi connectivity index (χ0v) is 55.9. The molecule has 0 aromatic rings. The van der Waals surface area contributed by atoms with Gasteiger partial charge in [-0.3, -0.25) is 18.6 Å². The van der Waals surface area contributed by atoms with E-state index in [2.05, 4.69) is 196 Å². The van der Waals surface area contributed by atoms with Crippen molar-refractivity contribution in [1.82, 2.24) is 0 Å². The van der Waals surface area contributed by atoms with Gasteiger partial charge in [-0.1, -0.05) is 267 Å². The van der Waals surface area contributed by atoms with Gasteiger partial charge in [-0.15, -0.1) is 0 Å². The molecule has 0 fully saturated rings. The van der Waals surface area contributed by atoms with Crippen LogP contribution < -0.4 is 0 Å². The molecule has 10 heteroatoms. The molecular formula is C76H123NO8P+. The number of likely N-dealkylation sites (N-methyl/N-ethyl adjacent to an activating group) is 1. The van der Waals surface area contributed by atoms with Gasteiger partial charge in [0.2, 0.25) is 0 Å². The van der Waals surface area contributed by atoms with Crippen LogP contribution in [0.15, 0.2) is 182 Å². The van der Waals surface area contributed by atoms with Crippen LogP contribution in [0, 0.1) is 0 Å². The molecule has 0 aromatic carbocycles. The van der Waals surface area contributed by atoms with Gasteiger partial charge < -0.3 is 18.9 Å². The first-order chi connectivity index (χ1) is 42.0. The standard InChI is InChI=1S/C76H122NO8P/c1-6-8-10-12-14-16-18-20-22-24-26-28-29-30-31-32-33-34-35-36-37-38-39-40-41-42-43-44-45-46-47-49-51-53-55-57-59-61-63-65-67-69-76(79)85-74(73-84-86(80,81)83-71-70-77(3,4)5)72-82-75(78)68-66-64-62-60-58-56-54-52-50-48-27-25-23-21-19-17-15-13-11-9-7-2/h8-11,14-17,20-23,26-28,30-31,33-34,36-37,39-40,42-43,45-46,48-49,51,74H,6-7,12-13,18-19,24-25,29,32,35,38,41,44,47,50,52-73H2,1-5H3/p+1/b10-8-,11-9-,16-14-,17-15-,22-20-,23-21-,28-26-,31-30-,34-33-,37-36-,40-39-,43-42-,46-45-,48-27-,51-49-. The number of phosphoric acid groups is 1. The van der Waals surface area contributed by atoms with Crippen LogP contribution in [-0.4, -0.2) is 74.9 Å². The number of quaternary nitrogens is 1. The number of unbranched alkanes of at least 4 members (excludes halogenated alkanes) is 15. The number of nitrogens with zero attached hydrogens (tertiary/aromatic N) is 1. The molecule has 86 heavy (non-hydrogen) atoms. The van der Waals surface area contributed by atoms with Crippen molar-refractivity contribution >= 4 is 19.8 Å². The number of carbonyl (C=O) groups excluding carboxylic acids is 2. The van der Waals surface area contributed by atoms with Gasteiger partial charge in [-0.2, -0.15) is 0 Å². The monoisotopic (exact) mass is 1210 g/mol. The van der Waals surface area contributed by atoms with E-state index in [0.717, 1.165) is 154 Å². The van der Waals surface area contributed by atoms with Crippen molar-refractivity contribution in [2.24, 2.45) is 0 Å². The van der Waals surface area contributed by atoms with Crippen molar-refractivity contribution in [1.29, 1.82) is 0 Å². The second-order valence-electron chi connectivity index (χ2n) is 22.7. The SMILES string of the molecule is CC/C=C\C/C=C\C/C=C\C/C=C\C/C=C\C/C=C\C/C=C\C/C=C\C/C=C\C/C=C\C/C=C\CCCCCCCCCC(=O)OC(COC(=O)CCCCCCCCCC/C=C\C/C=C\C/C=C\C/C=C\CC)COP(=O)(O)OCC[N+](C)(C)C. The Bertz CT molecular complexity index is 2100. The van der Waals surface area contributed by atoms with Gasteiger partial charge in [0.15, 0.2) is 6.10 Å². The van der Waals surface area contributed by atoms with Crippen LogP contribution in [0.1, 0.15) is 232 Å². The smallest absolute Gasteiger partial charge is 0.462 e. The Balaban J connectivity index is 4.17. The molecule has 0 saturated heterocycles. The summed E-state index contributed by atoms with van der Waals surface area (Å²) in [6, 6.07) is 0. The van der Waals surface area contributed by atoms with Crippen LogP contribution >= 0.6 is 7.82 Å². The largest absolute Gasteiger partial charge is 0.472 e. The van der Waals surface area contributed by atoms with Crippen LogP contribution in [-0.2, 0) is 32.7 Å². The minimum atomic E-state index is -4.41. The molecule has 484 valence electrons. The molecule has 0 rings (SSSR count). The first-order valence-electron chi connectivity index (χ1n) is 33.5. The highest BCUT2D eigenvalue weighted by Gasteiger charge is 2.27. The number of hydrogen-bond acceptors (Lipinski definition) is 7. The molecule has 9 nitrogen and oxygen atoms in total. The summed E-state index contributed by atoms with van der Waals surface area (Å²) in [5.74, 6) is -0.832. The fourth-order valence-electron chi connectivity index (χ4n) is 8.36. The summed E-state index contributed by atoms with van der Waals surface area (Å²) in [6.45, 7) is 4.16. The number of esters is 2. The Kier molecular flexibility index (Phi) is 60.9. The summed E-state index contributed by atoms with van der Waals surface area (Å²) in [6.07, 6.45) is 99.8. The minimum Gasteiger partial charge on any atom is -0.462 e. The van der Waals surface area contributed by atoms with Crippen LogP contribution in [0.4, 0.5) is 0 Å². The zero-order valence-electron chi connectivity index (χ0n) is 55.0. The van der Waals surface area contributed by atoms with E-state index in [-0.39, 0.29) is 32.0 Å². The van der Waals surface area contributed by atoms with E-state index in [9.17, 15) is 19.0 Å². The van der Waals surface area contributed by atoms with Gasteiger partial charge in [0.05, 0.1) is 27.7 Å². The van der Waals surface area contributed by atoms with Crippen LogP contribution in [0.5, 0.6) is 0 Å². The number of ether oxygens (including phenoxy) is 2. The maximum Gasteiger partial charge on any atom is 0.472 e. The van der Waals surface area contributed by atoms with Gasteiger partial charge in [-0.05, 0) is 135 Å². The van der Waals surface area contributed by atoms with E-state index in [1.54, 1.807) is 0 Å². The molecule has 0 amide bonds. The van der Waals surface area contributed by atoms with Gasteiger partial charge in [0, 0.05) is 12.8 Å². The Morgan fingerprint density at radius 2 is 0.628 bits per heavy atom. The summed E-state index contributed by atoms with van der Waals surface area (Å²) in [5.41, 5.74) is 0. The lowest BCUT2D eigenvalue weighted by molar-refractivity contribution is -0.870. The zero-order chi connectivity index (χ0) is 62.6. The summed E-state index contributed by atoms with van der Waals surface area (Å²) >= 11 is 0. The minimum absolute atomic E-state index is 0.0180. The predicted octanol–water partition coefficient (Wildman–Crippen LogP) is 21.9. The number of rotatable bonds is 59. The molecular weight excluding hydrogens is 1090 g/mol. The second kappa shape index (κ2) is 64.6. The lowest BCUT2D eigenvalue weighted by Crippen LogP contribution is -2.37. The third kappa shape index (κ3) is 68.2. The molecule has 0 aromatic heterocycles. The first kappa shape index (κ1) is 81.1. The lowest BCUT2D eigenvalue weighted by atomic mass is 10.1. The highest BCUT2D eigenvalue weighted by molar-refractivity contribution is 7.47. The van der Waals surface area contributed by atoms with Crippen molar-refractivity contribution in [3.63, 3.8) is 0 Å². The highest BCUT2D eigenvalue weighted by Crippen LogP contribution is 2.43. The van der Waals surface area contributed by atoms with E-state index in [1.165, 1.54) is 44.9 Å². The molecule has 0 spiro atoms. The van der Waals surface area contributed by atoms with E-state index in [0.29, 0.717) is 17.4 Å². The predicted molar refractivity (Wildman–Crippen MR) is 371 cm³/mol. The van der Waals surface area contributed by atoms with Gasteiger partial charge in [0.1, 0.15) is 19.8 Å². The van der Waals surface area contributed by atoms with E-state index >= 15 is 0 Å². The molecule has 1 N–H and O–H groups in total. The Labute approximate surface area is 527 Å². The Morgan fingerprint density at radius 1 is 0.360 bits per heavy atom. The quantitative estimate of drug-likeness (QED) is 0.0211. The first-order valence-corrected chi connectivity index (χ1v) is 35.0. The third-order valence-electron chi connectivity index (χ3n) is 13.4. The van der Waals surface area contributed by atoms with Crippen LogP contribution in [0.3, 0.4) is 0 Å². The van der Waals surface area contributed by atoms with Gasteiger partial charge in [-0.25, -0.2) is 4.57 Å². The average Bonchev–Trinajstić information content (AvgIpc) is 3.70. The average molecular weight is 1210 g/mol. The number of carbonyl (C=O) groups is 2. The van der Waals surface area contributed by atoms with E-state index in [1.807, 2.05) is 21.1 Å². The Morgan fingerprint density at radius 3 is 0.930 bits per heavy atom.